The van der Waals surface area contributed by atoms with Crippen LogP contribution in [0.4, 0.5) is 11.6 Å². The van der Waals surface area contributed by atoms with Gasteiger partial charge < -0.3 is 24.8 Å². The van der Waals surface area contributed by atoms with E-state index in [1.807, 2.05) is 24.3 Å². The van der Waals surface area contributed by atoms with Gasteiger partial charge in [-0.15, -0.1) is 0 Å². The smallest absolute Gasteiger partial charge is 0.337 e. The molecular weight excluding hydrogens is 448 g/mol. The molecule has 35 heavy (non-hydrogen) atoms. The Labute approximate surface area is 202 Å². The maximum Gasteiger partial charge on any atom is 0.337 e. The number of ether oxygens (including phenoxy) is 3. The third kappa shape index (κ3) is 4.84. The minimum atomic E-state index is -0.510. The van der Waals surface area contributed by atoms with Crippen molar-refractivity contribution in [2.24, 2.45) is 0 Å². The van der Waals surface area contributed by atoms with Crippen LogP contribution < -0.4 is 20.1 Å². The van der Waals surface area contributed by atoms with Crippen LogP contribution in [0.2, 0.25) is 0 Å². The zero-order valence-corrected chi connectivity index (χ0v) is 19.7. The molecule has 2 N–H and O–H groups in total. The van der Waals surface area contributed by atoms with Crippen molar-refractivity contribution >= 4 is 34.4 Å². The second kappa shape index (κ2) is 10.1. The van der Waals surface area contributed by atoms with Crippen molar-refractivity contribution in [3.8, 4) is 22.8 Å². The van der Waals surface area contributed by atoms with E-state index in [0.717, 1.165) is 10.9 Å². The average molecular weight is 473 g/mol. The van der Waals surface area contributed by atoms with Gasteiger partial charge in [-0.1, -0.05) is 18.2 Å². The van der Waals surface area contributed by atoms with E-state index in [2.05, 4.69) is 20.6 Å². The second-order valence-electron chi connectivity index (χ2n) is 7.48. The number of rotatable bonds is 7. The molecule has 0 aliphatic heterocycles. The van der Waals surface area contributed by atoms with Gasteiger partial charge in [-0.25, -0.2) is 14.8 Å². The average Bonchev–Trinajstić information content (AvgIpc) is 2.91. The normalized spacial score (nSPS) is 10.5. The van der Waals surface area contributed by atoms with Gasteiger partial charge in [-0.05, 0) is 36.4 Å². The first-order valence-electron chi connectivity index (χ1n) is 10.7. The van der Waals surface area contributed by atoms with Crippen molar-refractivity contribution in [2.75, 3.05) is 39.0 Å². The Kier molecular flexibility index (Phi) is 6.77. The number of aromatic nitrogens is 2. The van der Waals surface area contributed by atoms with E-state index in [-0.39, 0.29) is 5.91 Å². The standard InChI is InChI=1S/C26H24N4O5/c1-27-26-29-20-14-22(34-3)21(33-2)13-19(20)23(30-26)15-7-6-10-18(12-15)28-24(31)16-8-5-9-17(11-16)25(32)35-4/h5-14H,1-4H3,(H,28,31)(H,27,29,30). The quantitative estimate of drug-likeness (QED) is 0.381. The van der Waals surface area contributed by atoms with Crippen LogP contribution in [0, 0.1) is 0 Å². The van der Waals surface area contributed by atoms with E-state index in [1.165, 1.54) is 13.2 Å². The maximum atomic E-state index is 12.9. The Morgan fingerprint density at radius 3 is 2.26 bits per heavy atom. The van der Waals surface area contributed by atoms with E-state index in [0.29, 0.717) is 45.5 Å². The zero-order chi connectivity index (χ0) is 24.9. The highest BCUT2D eigenvalue weighted by molar-refractivity contribution is 6.06. The molecule has 178 valence electrons. The number of methoxy groups -OCH3 is 3. The summed E-state index contributed by atoms with van der Waals surface area (Å²) in [6.07, 6.45) is 0. The van der Waals surface area contributed by atoms with E-state index in [9.17, 15) is 9.59 Å². The third-order valence-electron chi connectivity index (χ3n) is 5.36. The molecule has 0 spiro atoms. The van der Waals surface area contributed by atoms with Gasteiger partial charge in [0.25, 0.3) is 5.91 Å². The van der Waals surface area contributed by atoms with Gasteiger partial charge in [0.05, 0.1) is 38.1 Å². The summed E-state index contributed by atoms with van der Waals surface area (Å²) in [4.78, 5) is 33.9. The minimum absolute atomic E-state index is 0.297. The van der Waals surface area contributed by atoms with Crippen molar-refractivity contribution in [1.29, 1.82) is 0 Å². The predicted molar refractivity (Wildman–Crippen MR) is 133 cm³/mol. The maximum absolute atomic E-state index is 12.9. The third-order valence-corrected chi connectivity index (χ3v) is 5.36. The van der Waals surface area contributed by atoms with Crippen LogP contribution in [0.15, 0.2) is 60.7 Å². The Balaban J connectivity index is 1.73. The van der Waals surface area contributed by atoms with Gasteiger partial charge in [-0.3, -0.25) is 4.79 Å². The molecule has 0 bridgehead atoms. The Bertz CT molecular complexity index is 1420. The molecule has 0 fully saturated rings. The molecule has 9 heteroatoms. The summed E-state index contributed by atoms with van der Waals surface area (Å²) >= 11 is 0. The second-order valence-corrected chi connectivity index (χ2v) is 7.48. The number of hydrogen-bond donors (Lipinski definition) is 2. The number of carbonyl (C=O) groups excluding carboxylic acids is 2. The van der Waals surface area contributed by atoms with Gasteiger partial charge in [-0.2, -0.15) is 0 Å². The number of nitrogens with one attached hydrogen (secondary N) is 2. The largest absolute Gasteiger partial charge is 0.493 e. The predicted octanol–water partition coefficient (Wildman–Crippen LogP) is 4.39. The summed E-state index contributed by atoms with van der Waals surface area (Å²) in [5.74, 6) is 0.681. The lowest BCUT2D eigenvalue weighted by Gasteiger charge is -2.13. The lowest BCUT2D eigenvalue weighted by molar-refractivity contribution is 0.0600. The highest BCUT2D eigenvalue weighted by Gasteiger charge is 2.16. The van der Waals surface area contributed by atoms with Crippen molar-refractivity contribution in [1.82, 2.24) is 9.97 Å². The van der Waals surface area contributed by atoms with E-state index in [4.69, 9.17) is 14.2 Å². The molecule has 4 aromatic rings. The highest BCUT2D eigenvalue weighted by Crippen LogP contribution is 2.36. The first-order valence-corrected chi connectivity index (χ1v) is 10.7. The fourth-order valence-corrected chi connectivity index (χ4v) is 3.64. The summed E-state index contributed by atoms with van der Waals surface area (Å²) in [7, 11) is 6.17. The molecule has 0 unspecified atom stereocenters. The first-order chi connectivity index (χ1) is 17.0. The van der Waals surface area contributed by atoms with Gasteiger partial charge in [0, 0.05) is 35.3 Å². The molecule has 1 aromatic heterocycles. The van der Waals surface area contributed by atoms with Gasteiger partial charge in [0.1, 0.15) is 0 Å². The molecule has 1 amide bonds. The zero-order valence-electron chi connectivity index (χ0n) is 19.7. The molecule has 3 aromatic carbocycles. The number of benzene rings is 3. The molecule has 0 atom stereocenters. The number of carbonyl (C=O) groups is 2. The number of anilines is 2. The van der Waals surface area contributed by atoms with Crippen LogP contribution >= 0.6 is 0 Å². The molecule has 0 saturated carbocycles. The summed E-state index contributed by atoms with van der Waals surface area (Å²) < 4.78 is 15.6. The Hall–Kier alpha value is -4.66. The molecule has 0 saturated heterocycles. The molecule has 0 radical (unpaired) electrons. The summed E-state index contributed by atoms with van der Waals surface area (Å²) in [5.41, 5.74) is 3.29. The van der Waals surface area contributed by atoms with Crippen LogP contribution in [0.3, 0.4) is 0 Å². The summed E-state index contributed by atoms with van der Waals surface area (Å²) in [5, 5.41) is 6.62. The molecule has 4 rings (SSSR count). The number of nitrogens with zero attached hydrogens (tertiary/aromatic N) is 2. The van der Waals surface area contributed by atoms with Gasteiger partial charge in [0.2, 0.25) is 5.95 Å². The highest BCUT2D eigenvalue weighted by atomic mass is 16.5. The van der Waals surface area contributed by atoms with E-state index >= 15 is 0 Å². The fourth-order valence-electron chi connectivity index (χ4n) is 3.64. The lowest BCUT2D eigenvalue weighted by atomic mass is 10.0. The summed E-state index contributed by atoms with van der Waals surface area (Å²) in [6.45, 7) is 0. The van der Waals surface area contributed by atoms with Crippen LogP contribution in [0.5, 0.6) is 11.5 Å². The van der Waals surface area contributed by atoms with Crippen molar-refractivity contribution in [3.63, 3.8) is 0 Å². The van der Waals surface area contributed by atoms with Crippen LogP contribution in [0.1, 0.15) is 20.7 Å². The summed E-state index contributed by atoms with van der Waals surface area (Å²) in [6, 6.07) is 17.3. The van der Waals surface area contributed by atoms with E-state index in [1.54, 1.807) is 51.6 Å². The number of fused-ring (bicyclic) bond motifs is 1. The van der Waals surface area contributed by atoms with Crippen molar-refractivity contribution in [3.05, 3.63) is 71.8 Å². The lowest BCUT2D eigenvalue weighted by Crippen LogP contribution is -2.13. The number of esters is 1. The number of hydrogen-bond acceptors (Lipinski definition) is 8. The SMILES string of the molecule is CNc1nc(-c2cccc(NC(=O)c3cccc(C(=O)OC)c3)c2)c2cc(OC)c(OC)cc2n1. The van der Waals surface area contributed by atoms with Crippen LogP contribution in [-0.4, -0.2) is 50.2 Å². The van der Waals surface area contributed by atoms with E-state index < -0.39 is 5.97 Å². The Morgan fingerprint density at radius 1 is 0.829 bits per heavy atom. The number of amides is 1. The first kappa shape index (κ1) is 23.5. The van der Waals surface area contributed by atoms with Crippen molar-refractivity contribution in [2.45, 2.75) is 0 Å². The van der Waals surface area contributed by atoms with Gasteiger partial charge in [0.15, 0.2) is 11.5 Å². The Morgan fingerprint density at radius 2 is 1.54 bits per heavy atom. The van der Waals surface area contributed by atoms with Crippen LogP contribution in [0.25, 0.3) is 22.2 Å². The minimum Gasteiger partial charge on any atom is -0.493 e. The van der Waals surface area contributed by atoms with Crippen LogP contribution in [-0.2, 0) is 4.74 Å². The molecule has 1 heterocycles. The molecule has 0 aliphatic rings. The molecule has 9 nitrogen and oxygen atoms in total. The van der Waals surface area contributed by atoms with Gasteiger partial charge >= 0.3 is 5.97 Å². The molecular formula is C26H24N4O5. The molecule has 0 aliphatic carbocycles. The van der Waals surface area contributed by atoms with Crippen molar-refractivity contribution < 1.29 is 23.8 Å². The monoisotopic (exact) mass is 472 g/mol. The fraction of sp³-hybridized carbons (Fsp3) is 0.154. The topological polar surface area (TPSA) is 112 Å².